The smallest absolute Gasteiger partial charge is 0.276 e. The second kappa shape index (κ2) is 5.35. The summed E-state index contributed by atoms with van der Waals surface area (Å²) in [7, 11) is 0. The largest absolute Gasteiger partial charge is 0.361 e. The Labute approximate surface area is 114 Å². The van der Waals surface area contributed by atoms with E-state index < -0.39 is 0 Å². The van der Waals surface area contributed by atoms with Crippen molar-refractivity contribution in [2.75, 3.05) is 6.54 Å². The maximum absolute atomic E-state index is 12.6. The van der Waals surface area contributed by atoms with Gasteiger partial charge in [0.25, 0.3) is 5.91 Å². The highest BCUT2D eigenvalue weighted by Gasteiger charge is 2.35. The maximum Gasteiger partial charge on any atom is 0.276 e. The molecular formula is C15H22N2O2. The molecule has 0 radical (unpaired) electrons. The van der Waals surface area contributed by atoms with Crippen molar-refractivity contribution >= 4 is 5.91 Å². The first-order chi connectivity index (χ1) is 9.25. The van der Waals surface area contributed by atoms with E-state index in [1.165, 1.54) is 32.1 Å². The number of carbonyl (C=O) groups is 1. The molecule has 104 valence electrons. The number of hydrogen-bond acceptors (Lipinski definition) is 3. The molecule has 2 heterocycles. The Morgan fingerprint density at radius 1 is 1.26 bits per heavy atom. The van der Waals surface area contributed by atoms with Crippen molar-refractivity contribution in [1.82, 2.24) is 10.1 Å². The molecule has 0 bridgehead atoms. The molecule has 2 fully saturated rings. The first-order valence-electron chi connectivity index (χ1n) is 7.50. The average Bonchev–Trinajstić information content (AvgIpc) is 2.74. The van der Waals surface area contributed by atoms with Crippen LogP contribution in [0.1, 0.15) is 61.2 Å². The quantitative estimate of drug-likeness (QED) is 0.781. The van der Waals surface area contributed by atoms with Crippen molar-refractivity contribution in [3.8, 4) is 0 Å². The minimum Gasteiger partial charge on any atom is -0.361 e. The molecule has 1 aromatic heterocycles. The van der Waals surface area contributed by atoms with Crippen LogP contribution in [0.3, 0.4) is 0 Å². The van der Waals surface area contributed by atoms with E-state index in [9.17, 15) is 4.79 Å². The molecule has 2 atom stereocenters. The zero-order valence-electron chi connectivity index (χ0n) is 11.6. The van der Waals surface area contributed by atoms with Crippen LogP contribution in [0.4, 0.5) is 0 Å². The van der Waals surface area contributed by atoms with E-state index in [0.29, 0.717) is 23.4 Å². The van der Waals surface area contributed by atoms with Gasteiger partial charge in [0.2, 0.25) is 0 Å². The summed E-state index contributed by atoms with van der Waals surface area (Å²) in [4.78, 5) is 14.7. The molecule has 1 aromatic rings. The van der Waals surface area contributed by atoms with Gasteiger partial charge in [0.1, 0.15) is 5.76 Å². The monoisotopic (exact) mass is 262 g/mol. The van der Waals surface area contributed by atoms with Gasteiger partial charge >= 0.3 is 0 Å². The normalized spacial score (nSPS) is 27.7. The van der Waals surface area contributed by atoms with E-state index in [1.807, 2.05) is 6.92 Å². The molecule has 19 heavy (non-hydrogen) atoms. The van der Waals surface area contributed by atoms with Crippen LogP contribution in [0.2, 0.25) is 0 Å². The topological polar surface area (TPSA) is 46.3 Å². The predicted molar refractivity (Wildman–Crippen MR) is 71.9 cm³/mol. The molecular weight excluding hydrogens is 240 g/mol. The van der Waals surface area contributed by atoms with Crippen LogP contribution >= 0.6 is 0 Å². The zero-order valence-corrected chi connectivity index (χ0v) is 11.6. The predicted octanol–water partition coefficient (Wildman–Crippen LogP) is 3.17. The first kappa shape index (κ1) is 12.7. The third kappa shape index (κ3) is 2.53. The van der Waals surface area contributed by atoms with Crippen LogP contribution in [0.25, 0.3) is 0 Å². The van der Waals surface area contributed by atoms with E-state index in [4.69, 9.17) is 4.52 Å². The summed E-state index contributed by atoms with van der Waals surface area (Å²) in [6, 6.07) is 2.19. The second-order valence-corrected chi connectivity index (χ2v) is 5.93. The van der Waals surface area contributed by atoms with E-state index in [0.717, 1.165) is 19.4 Å². The lowest BCUT2D eigenvalue weighted by Crippen LogP contribution is -2.45. The Hall–Kier alpha value is -1.32. The molecule has 0 N–H and O–H groups in total. The van der Waals surface area contributed by atoms with Gasteiger partial charge in [0, 0.05) is 18.7 Å². The van der Waals surface area contributed by atoms with Gasteiger partial charge in [-0.15, -0.1) is 0 Å². The van der Waals surface area contributed by atoms with E-state index in [1.54, 1.807) is 6.07 Å². The maximum atomic E-state index is 12.6. The number of nitrogens with zero attached hydrogens (tertiary/aromatic N) is 2. The highest BCUT2D eigenvalue weighted by Crippen LogP contribution is 2.35. The molecule has 1 aliphatic carbocycles. The van der Waals surface area contributed by atoms with Crippen molar-refractivity contribution in [3.63, 3.8) is 0 Å². The number of aromatic nitrogens is 1. The number of carbonyl (C=O) groups excluding carboxylic acids is 1. The third-order valence-corrected chi connectivity index (χ3v) is 4.60. The number of aryl methyl sites for hydroxylation is 1. The number of amides is 1. The van der Waals surface area contributed by atoms with Gasteiger partial charge in [-0.05, 0) is 38.5 Å². The lowest BCUT2D eigenvalue weighted by Gasteiger charge is -2.37. The summed E-state index contributed by atoms with van der Waals surface area (Å²) in [5, 5.41) is 3.89. The fourth-order valence-electron chi connectivity index (χ4n) is 3.66. The van der Waals surface area contributed by atoms with Crippen molar-refractivity contribution in [3.05, 3.63) is 17.5 Å². The molecule has 1 amide bonds. The van der Waals surface area contributed by atoms with Crippen LogP contribution in [0.15, 0.2) is 10.6 Å². The molecule has 4 heteroatoms. The Morgan fingerprint density at radius 2 is 2.00 bits per heavy atom. The fraction of sp³-hybridized carbons (Fsp3) is 0.733. The van der Waals surface area contributed by atoms with Crippen LogP contribution in [0.5, 0.6) is 0 Å². The Bertz CT molecular complexity index is 455. The lowest BCUT2D eigenvalue weighted by atomic mass is 9.81. The van der Waals surface area contributed by atoms with Crippen molar-refractivity contribution < 1.29 is 9.32 Å². The van der Waals surface area contributed by atoms with Gasteiger partial charge in [-0.1, -0.05) is 24.4 Å². The number of hydrogen-bond donors (Lipinski definition) is 0. The first-order valence-corrected chi connectivity index (χ1v) is 7.50. The van der Waals surface area contributed by atoms with Crippen molar-refractivity contribution in [2.24, 2.45) is 5.92 Å². The van der Waals surface area contributed by atoms with Crippen molar-refractivity contribution in [2.45, 2.75) is 57.9 Å². The fourth-order valence-corrected chi connectivity index (χ4v) is 3.66. The van der Waals surface area contributed by atoms with Crippen LogP contribution in [0, 0.1) is 12.8 Å². The molecule has 1 saturated carbocycles. The van der Waals surface area contributed by atoms with Gasteiger partial charge in [0.05, 0.1) is 0 Å². The number of rotatable bonds is 1. The lowest BCUT2D eigenvalue weighted by molar-refractivity contribution is 0.0559. The summed E-state index contributed by atoms with van der Waals surface area (Å²) in [5.41, 5.74) is 0.476. The van der Waals surface area contributed by atoms with E-state index in [2.05, 4.69) is 10.1 Å². The summed E-state index contributed by atoms with van der Waals surface area (Å²) >= 11 is 0. The van der Waals surface area contributed by atoms with E-state index in [-0.39, 0.29) is 5.91 Å². The minimum absolute atomic E-state index is 0.0654. The van der Waals surface area contributed by atoms with E-state index >= 15 is 0 Å². The SMILES string of the molecule is Cc1cc(C(=O)N2CCCC[C@@H]3CCCC[C@@H]32)no1. The average molecular weight is 262 g/mol. The molecule has 1 saturated heterocycles. The van der Waals surface area contributed by atoms with Gasteiger partial charge < -0.3 is 9.42 Å². The van der Waals surface area contributed by atoms with Gasteiger partial charge in [-0.25, -0.2) is 0 Å². The van der Waals surface area contributed by atoms with Gasteiger partial charge in [0.15, 0.2) is 5.69 Å². The Kier molecular flexibility index (Phi) is 3.58. The highest BCUT2D eigenvalue weighted by molar-refractivity contribution is 5.92. The van der Waals surface area contributed by atoms with Gasteiger partial charge in [-0.2, -0.15) is 0 Å². The molecule has 2 aliphatic rings. The molecule has 0 aromatic carbocycles. The molecule has 1 aliphatic heterocycles. The summed E-state index contributed by atoms with van der Waals surface area (Å²) in [6.07, 6.45) is 8.68. The Morgan fingerprint density at radius 3 is 2.74 bits per heavy atom. The molecule has 0 unspecified atom stereocenters. The third-order valence-electron chi connectivity index (χ3n) is 4.60. The van der Waals surface area contributed by atoms with Gasteiger partial charge in [-0.3, -0.25) is 4.79 Å². The second-order valence-electron chi connectivity index (χ2n) is 5.93. The minimum atomic E-state index is 0.0654. The highest BCUT2D eigenvalue weighted by atomic mass is 16.5. The van der Waals surface area contributed by atoms with Crippen LogP contribution in [-0.4, -0.2) is 28.6 Å². The van der Waals surface area contributed by atoms with Crippen molar-refractivity contribution in [1.29, 1.82) is 0 Å². The summed E-state index contributed by atoms with van der Waals surface area (Å²) in [6.45, 7) is 2.71. The Balaban J connectivity index is 1.82. The number of likely N-dealkylation sites (tertiary alicyclic amines) is 1. The number of fused-ring (bicyclic) bond motifs is 1. The standard InChI is InChI=1S/C15H22N2O2/c1-11-10-13(16-19-11)15(18)17-9-5-4-7-12-6-2-3-8-14(12)17/h10,12,14H,2-9H2,1H3/t12-,14-/m0/s1. The van der Waals surface area contributed by atoms with Crippen LogP contribution in [-0.2, 0) is 0 Å². The molecule has 0 spiro atoms. The summed E-state index contributed by atoms with van der Waals surface area (Å²) < 4.78 is 5.05. The molecule has 3 rings (SSSR count). The molecule has 4 nitrogen and oxygen atoms in total. The summed E-state index contributed by atoms with van der Waals surface area (Å²) in [5.74, 6) is 1.47. The van der Waals surface area contributed by atoms with Crippen LogP contribution < -0.4 is 0 Å². The zero-order chi connectivity index (χ0) is 13.2.